The van der Waals surface area contributed by atoms with E-state index in [1.807, 2.05) is 42.0 Å². The first-order valence-electron chi connectivity index (χ1n) is 5.40. The first-order chi connectivity index (χ1) is 8.38. The molecule has 90 valence electrons. The van der Waals surface area contributed by atoms with Gasteiger partial charge in [0.15, 0.2) is 0 Å². The average Bonchev–Trinajstić information content (AvgIpc) is 2.88. The van der Waals surface area contributed by atoms with Gasteiger partial charge in [-0.3, -0.25) is 16.3 Å². The van der Waals surface area contributed by atoms with Crippen molar-refractivity contribution in [3.05, 3.63) is 46.9 Å². The molecule has 1 aromatic carbocycles. The predicted molar refractivity (Wildman–Crippen MR) is 68.9 cm³/mol. The summed E-state index contributed by atoms with van der Waals surface area (Å²) in [5.41, 5.74) is 4.58. The van der Waals surface area contributed by atoms with Crippen molar-refractivity contribution in [2.45, 2.75) is 12.5 Å². The maximum atomic E-state index is 5.65. The molecule has 5 heteroatoms. The topological polar surface area (TPSA) is 60.2 Å². The minimum atomic E-state index is 0.0932. The number of benzene rings is 1. The van der Waals surface area contributed by atoms with E-state index in [1.54, 1.807) is 11.3 Å². The molecule has 1 atom stereocenters. The lowest BCUT2D eigenvalue weighted by molar-refractivity contribution is 0.264. The van der Waals surface area contributed by atoms with Gasteiger partial charge in [0.25, 0.3) is 0 Å². The molecule has 0 saturated heterocycles. The zero-order valence-electron chi connectivity index (χ0n) is 9.37. The monoisotopic (exact) mass is 249 g/mol. The van der Waals surface area contributed by atoms with Gasteiger partial charge in [-0.05, 0) is 12.1 Å². The number of ether oxygens (including phenoxy) is 1. The molecule has 0 radical (unpaired) electrons. The van der Waals surface area contributed by atoms with Crippen molar-refractivity contribution in [1.29, 1.82) is 0 Å². The number of para-hydroxylation sites is 1. The highest BCUT2D eigenvalue weighted by Gasteiger charge is 2.09. The summed E-state index contributed by atoms with van der Waals surface area (Å²) in [6, 6.07) is 9.81. The number of aromatic nitrogens is 1. The predicted octanol–water partition coefficient (Wildman–Crippen LogP) is 1.60. The summed E-state index contributed by atoms with van der Waals surface area (Å²) < 4.78 is 5.65. The van der Waals surface area contributed by atoms with E-state index in [1.165, 1.54) is 4.88 Å². The second-order valence-corrected chi connectivity index (χ2v) is 4.63. The van der Waals surface area contributed by atoms with Crippen molar-refractivity contribution in [3.8, 4) is 5.75 Å². The maximum Gasteiger partial charge on any atom is 0.119 e. The van der Waals surface area contributed by atoms with Gasteiger partial charge in [0, 0.05) is 17.5 Å². The van der Waals surface area contributed by atoms with Gasteiger partial charge in [-0.25, -0.2) is 0 Å². The first kappa shape index (κ1) is 12.0. The lowest BCUT2D eigenvalue weighted by Crippen LogP contribution is -2.41. The van der Waals surface area contributed by atoms with Crippen LogP contribution in [0.1, 0.15) is 4.88 Å². The second-order valence-electron chi connectivity index (χ2n) is 3.66. The van der Waals surface area contributed by atoms with Crippen LogP contribution in [0.25, 0.3) is 0 Å². The van der Waals surface area contributed by atoms with Crippen molar-refractivity contribution < 1.29 is 4.74 Å². The third-order valence-corrected chi connectivity index (χ3v) is 3.16. The summed E-state index contributed by atoms with van der Waals surface area (Å²) >= 11 is 1.63. The van der Waals surface area contributed by atoms with E-state index < -0.39 is 0 Å². The fraction of sp³-hybridized carbons (Fsp3) is 0.250. The van der Waals surface area contributed by atoms with Crippen LogP contribution in [0.5, 0.6) is 5.75 Å². The molecule has 0 fully saturated rings. The molecule has 1 aromatic heterocycles. The van der Waals surface area contributed by atoms with E-state index in [9.17, 15) is 0 Å². The Morgan fingerprint density at radius 2 is 2.18 bits per heavy atom. The van der Waals surface area contributed by atoms with Crippen molar-refractivity contribution in [2.24, 2.45) is 5.84 Å². The Bertz CT molecular complexity index is 419. The second kappa shape index (κ2) is 6.34. The zero-order valence-corrected chi connectivity index (χ0v) is 10.2. The van der Waals surface area contributed by atoms with Gasteiger partial charge in [0.05, 0.1) is 11.6 Å². The Kier molecular flexibility index (Phi) is 4.49. The van der Waals surface area contributed by atoms with Gasteiger partial charge in [-0.1, -0.05) is 18.2 Å². The standard InChI is InChI=1S/C12H15N3OS/c13-15-10(6-12-7-14-9-17-12)8-16-11-4-2-1-3-5-11/h1-5,7,9-10,15H,6,8,13H2. The Labute approximate surface area is 104 Å². The molecule has 1 heterocycles. The molecule has 0 aliphatic heterocycles. The van der Waals surface area contributed by atoms with Crippen molar-refractivity contribution in [3.63, 3.8) is 0 Å². The van der Waals surface area contributed by atoms with Crippen LogP contribution in [0.3, 0.4) is 0 Å². The van der Waals surface area contributed by atoms with Gasteiger partial charge in [0.1, 0.15) is 12.4 Å². The Hall–Kier alpha value is -1.43. The van der Waals surface area contributed by atoms with Crippen LogP contribution < -0.4 is 16.0 Å². The van der Waals surface area contributed by atoms with E-state index in [4.69, 9.17) is 10.6 Å². The summed E-state index contributed by atoms with van der Waals surface area (Å²) in [7, 11) is 0. The van der Waals surface area contributed by atoms with Crippen LogP contribution in [0.4, 0.5) is 0 Å². The minimum absolute atomic E-state index is 0.0932. The average molecular weight is 249 g/mol. The fourth-order valence-corrected chi connectivity index (χ4v) is 2.14. The van der Waals surface area contributed by atoms with E-state index in [2.05, 4.69) is 10.4 Å². The molecular weight excluding hydrogens is 234 g/mol. The molecule has 0 aliphatic rings. The minimum Gasteiger partial charge on any atom is -0.492 e. The number of hydrogen-bond donors (Lipinski definition) is 2. The lowest BCUT2D eigenvalue weighted by atomic mass is 10.2. The molecule has 0 bridgehead atoms. The third-order valence-electron chi connectivity index (χ3n) is 2.36. The number of rotatable bonds is 6. The molecule has 3 N–H and O–H groups in total. The first-order valence-corrected chi connectivity index (χ1v) is 6.28. The van der Waals surface area contributed by atoms with E-state index in [0.29, 0.717) is 6.61 Å². The van der Waals surface area contributed by atoms with Crippen molar-refractivity contribution in [1.82, 2.24) is 10.4 Å². The molecular formula is C12H15N3OS. The van der Waals surface area contributed by atoms with Crippen LogP contribution in [-0.2, 0) is 6.42 Å². The largest absolute Gasteiger partial charge is 0.492 e. The summed E-state index contributed by atoms with van der Waals surface area (Å²) in [5, 5.41) is 0. The number of nitrogens with one attached hydrogen (secondary N) is 1. The summed E-state index contributed by atoms with van der Waals surface area (Å²) in [4.78, 5) is 5.24. The Morgan fingerprint density at radius 3 is 2.82 bits per heavy atom. The van der Waals surface area contributed by atoms with Gasteiger partial charge in [0.2, 0.25) is 0 Å². The fourth-order valence-electron chi connectivity index (χ4n) is 1.47. The zero-order chi connectivity index (χ0) is 11.9. The molecule has 0 saturated carbocycles. The van der Waals surface area contributed by atoms with E-state index in [0.717, 1.165) is 12.2 Å². The van der Waals surface area contributed by atoms with Crippen LogP contribution >= 0.6 is 11.3 Å². The highest BCUT2D eigenvalue weighted by Crippen LogP contribution is 2.11. The van der Waals surface area contributed by atoms with Crippen molar-refractivity contribution in [2.75, 3.05) is 6.61 Å². The lowest BCUT2D eigenvalue weighted by Gasteiger charge is -2.15. The summed E-state index contributed by atoms with van der Waals surface area (Å²) in [5.74, 6) is 6.37. The molecule has 17 heavy (non-hydrogen) atoms. The molecule has 2 aromatic rings. The highest BCUT2D eigenvalue weighted by atomic mass is 32.1. The van der Waals surface area contributed by atoms with Crippen LogP contribution in [0.15, 0.2) is 42.0 Å². The van der Waals surface area contributed by atoms with Gasteiger partial charge in [-0.2, -0.15) is 0 Å². The molecule has 2 rings (SSSR count). The molecule has 1 unspecified atom stereocenters. The van der Waals surface area contributed by atoms with Crippen LogP contribution in [0, 0.1) is 0 Å². The molecule has 0 amide bonds. The SMILES string of the molecule is NNC(COc1ccccc1)Cc1cncs1. The Balaban J connectivity index is 1.84. The van der Waals surface area contributed by atoms with Crippen LogP contribution in [0.2, 0.25) is 0 Å². The van der Waals surface area contributed by atoms with Crippen LogP contribution in [-0.4, -0.2) is 17.6 Å². The van der Waals surface area contributed by atoms with Gasteiger partial charge < -0.3 is 4.74 Å². The van der Waals surface area contributed by atoms with E-state index in [-0.39, 0.29) is 6.04 Å². The van der Waals surface area contributed by atoms with E-state index >= 15 is 0 Å². The van der Waals surface area contributed by atoms with Crippen molar-refractivity contribution >= 4 is 11.3 Å². The Morgan fingerprint density at radius 1 is 1.35 bits per heavy atom. The summed E-state index contributed by atoms with van der Waals surface area (Å²) in [6.45, 7) is 0.540. The number of hydrogen-bond acceptors (Lipinski definition) is 5. The maximum absolute atomic E-state index is 5.65. The number of hydrazine groups is 1. The molecule has 0 aliphatic carbocycles. The number of thiazole rings is 1. The normalized spacial score (nSPS) is 12.3. The third kappa shape index (κ3) is 3.81. The molecule has 0 spiro atoms. The quantitative estimate of drug-likeness (QED) is 0.603. The number of nitrogens with zero attached hydrogens (tertiary/aromatic N) is 1. The van der Waals surface area contributed by atoms with Gasteiger partial charge >= 0.3 is 0 Å². The smallest absolute Gasteiger partial charge is 0.119 e. The summed E-state index contributed by atoms with van der Waals surface area (Å²) in [6.07, 6.45) is 2.69. The van der Waals surface area contributed by atoms with Gasteiger partial charge in [-0.15, -0.1) is 11.3 Å². The highest BCUT2D eigenvalue weighted by molar-refractivity contribution is 7.09. The molecule has 4 nitrogen and oxygen atoms in total. The number of nitrogens with two attached hydrogens (primary N) is 1.